The van der Waals surface area contributed by atoms with Crippen LogP contribution in [0.2, 0.25) is 0 Å². The quantitative estimate of drug-likeness (QED) is 0.281. The first-order valence-corrected chi connectivity index (χ1v) is 10.3. The number of morpholine rings is 1. The number of hydrogen-bond acceptors (Lipinski definition) is 5. The van der Waals surface area contributed by atoms with Crippen molar-refractivity contribution in [3.05, 3.63) is 29.8 Å². The third kappa shape index (κ3) is 6.47. The van der Waals surface area contributed by atoms with Gasteiger partial charge in [0.05, 0.1) is 25.7 Å². The van der Waals surface area contributed by atoms with Crippen molar-refractivity contribution < 1.29 is 14.3 Å². The van der Waals surface area contributed by atoms with Crippen LogP contribution in [0.25, 0.3) is 0 Å². The molecule has 29 heavy (non-hydrogen) atoms. The van der Waals surface area contributed by atoms with Crippen LogP contribution in [0.1, 0.15) is 25.3 Å². The summed E-state index contributed by atoms with van der Waals surface area (Å²) in [4.78, 5) is 21.1. The summed E-state index contributed by atoms with van der Waals surface area (Å²) in [6.45, 7) is 7.91. The highest BCUT2D eigenvalue weighted by atomic mass is 127. The molecule has 0 amide bonds. The van der Waals surface area contributed by atoms with Crippen molar-refractivity contribution in [2.75, 3.05) is 57.9 Å². The number of anilines is 1. The number of rotatable bonds is 5. The Bertz CT molecular complexity index is 680. The van der Waals surface area contributed by atoms with Crippen LogP contribution < -0.4 is 10.2 Å². The second kappa shape index (κ2) is 12.2. The Morgan fingerprint density at radius 3 is 2.76 bits per heavy atom. The Kier molecular flexibility index (Phi) is 9.99. The lowest BCUT2D eigenvalue weighted by atomic mass is 9.98. The minimum atomic E-state index is -0.0969. The molecule has 1 aromatic rings. The van der Waals surface area contributed by atoms with Gasteiger partial charge in [-0.2, -0.15) is 0 Å². The number of benzene rings is 1. The van der Waals surface area contributed by atoms with Crippen molar-refractivity contribution in [3.8, 4) is 0 Å². The van der Waals surface area contributed by atoms with Gasteiger partial charge in [0.1, 0.15) is 0 Å². The first-order valence-electron chi connectivity index (χ1n) is 10.3. The van der Waals surface area contributed by atoms with Crippen molar-refractivity contribution in [1.29, 1.82) is 0 Å². The molecule has 0 saturated carbocycles. The van der Waals surface area contributed by atoms with E-state index in [0.717, 1.165) is 51.6 Å². The van der Waals surface area contributed by atoms with E-state index in [9.17, 15) is 4.79 Å². The number of carbonyl (C=O) groups excluding carboxylic acids is 1. The van der Waals surface area contributed by atoms with Gasteiger partial charge in [-0.3, -0.25) is 9.79 Å². The highest BCUT2D eigenvalue weighted by molar-refractivity contribution is 14.0. The number of para-hydroxylation sites is 1. The van der Waals surface area contributed by atoms with Gasteiger partial charge in [0.25, 0.3) is 0 Å². The van der Waals surface area contributed by atoms with E-state index in [2.05, 4.69) is 44.4 Å². The average molecular weight is 516 g/mol. The summed E-state index contributed by atoms with van der Waals surface area (Å²) in [6.07, 6.45) is 1.85. The molecule has 1 aromatic carbocycles. The second-order valence-corrected chi connectivity index (χ2v) is 7.17. The fourth-order valence-corrected chi connectivity index (χ4v) is 3.90. The van der Waals surface area contributed by atoms with E-state index < -0.39 is 0 Å². The van der Waals surface area contributed by atoms with Crippen LogP contribution in [0.4, 0.5) is 5.69 Å². The van der Waals surface area contributed by atoms with Gasteiger partial charge in [-0.25, -0.2) is 0 Å². The van der Waals surface area contributed by atoms with Crippen LogP contribution in [-0.4, -0.2) is 69.9 Å². The number of guanidine groups is 1. The summed E-state index contributed by atoms with van der Waals surface area (Å²) >= 11 is 0. The van der Waals surface area contributed by atoms with E-state index >= 15 is 0 Å². The molecule has 2 fully saturated rings. The van der Waals surface area contributed by atoms with E-state index in [1.165, 1.54) is 11.3 Å². The van der Waals surface area contributed by atoms with Crippen LogP contribution in [0.15, 0.2) is 29.3 Å². The Morgan fingerprint density at radius 2 is 2.03 bits per heavy atom. The van der Waals surface area contributed by atoms with Crippen LogP contribution in [0, 0.1) is 5.92 Å². The third-order valence-electron chi connectivity index (χ3n) is 5.33. The van der Waals surface area contributed by atoms with Crippen molar-refractivity contribution >= 4 is 41.6 Å². The monoisotopic (exact) mass is 516 g/mol. The zero-order valence-corrected chi connectivity index (χ0v) is 19.8. The smallest absolute Gasteiger partial charge is 0.310 e. The number of likely N-dealkylation sites (tertiary alicyclic amines) is 1. The topological polar surface area (TPSA) is 66.4 Å². The number of piperidine rings is 1. The maximum atomic E-state index is 12.1. The van der Waals surface area contributed by atoms with Crippen LogP contribution in [-0.2, 0) is 20.8 Å². The van der Waals surface area contributed by atoms with Crippen LogP contribution in [0.3, 0.4) is 0 Å². The summed E-state index contributed by atoms with van der Waals surface area (Å²) in [6, 6.07) is 8.48. The van der Waals surface area contributed by atoms with Crippen molar-refractivity contribution in [2.24, 2.45) is 10.9 Å². The molecular weight excluding hydrogens is 483 g/mol. The molecule has 1 atom stereocenters. The molecule has 8 heteroatoms. The number of hydrogen-bond donors (Lipinski definition) is 1. The lowest BCUT2D eigenvalue weighted by molar-refractivity contribution is -0.149. The Hall–Kier alpha value is -1.55. The maximum Gasteiger partial charge on any atom is 0.310 e. The van der Waals surface area contributed by atoms with E-state index in [1.54, 1.807) is 7.05 Å². The first-order chi connectivity index (χ1) is 13.7. The zero-order valence-electron chi connectivity index (χ0n) is 17.4. The number of aliphatic imine (C=N–C) groups is 1. The molecule has 2 heterocycles. The summed E-state index contributed by atoms with van der Waals surface area (Å²) in [5, 5.41) is 3.49. The van der Waals surface area contributed by atoms with E-state index in [-0.39, 0.29) is 35.9 Å². The standard InChI is InChI=1S/C21H32N4O3.HI/c1-3-28-20(26)18-8-6-10-25(16-18)21(22-2)23-15-17-7-4-5-9-19(17)24-11-13-27-14-12-24;/h4-5,7,9,18H,3,6,8,10-16H2,1-2H3,(H,22,23);1H. The molecule has 2 aliphatic heterocycles. The van der Waals surface area contributed by atoms with Crippen molar-refractivity contribution in [2.45, 2.75) is 26.3 Å². The highest BCUT2D eigenvalue weighted by Crippen LogP contribution is 2.22. The highest BCUT2D eigenvalue weighted by Gasteiger charge is 2.28. The van der Waals surface area contributed by atoms with Gasteiger partial charge in [0.2, 0.25) is 0 Å². The van der Waals surface area contributed by atoms with E-state index in [0.29, 0.717) is 19.7 Å². The van der Waals surface area contributed by atoms with Crippen LogP contribution in [0.5, 0.6) is 0 Å². The normalized spacial score (nSPS) is 20.1. The molecule has 162 valence electrons. The fourth-order valence-electron chi connectivity index (χ4n) is 3.90. The minimum absolute atomic E-state index is 0. The summed E-state index contributed by atoms with van der Waals surface area (Å²) < 4.78 is 10.7. The zero-order chi connectivity index (χ0) is 19.8. The molecule has 1 N–H and O–H groups in total. The van der Waals surface area contributed by atoms with Gasteiger partial charge < -0.3 is 24.6 Å². The number of nitrogens with zero attached hydrogens (tertiary/aromatic N) is 3. The molecule has 7 nitrogen and oxygen atoms in total. The average Bonchev–Trinajstić information content (AvgIpc) is 2.75. The molecule has 0 spiro atoms. The summed E-state index contributed by atoms with van der Waals surface area (Å²) in [7, 11) is 1.80. The van der Waals surface area contributed by atoms with Crippen LogP contribution >= 0.6 is 24.0 Å². The lowest BCUT2D eigenvalue weighted by Crippen LogP contribution is -2.48. The number of ether oxygens (including phenoxy) is 2. The van der Waals surface area contributed by atoms with Gasteiger partial charge in [0, 0.05) is 45.5 Å². The molecule has 0 aromatic heterocycles. The molecule has 3 rings (SSSR count). The predicted molar refractivity (Wildman–Crippen MR) is 126 cm³/mol. The molecule has 2 saturated heterocycles. The number of carbonyl (C=O) groups is 1. The molecular formula is C21H33IN4O3. The SMILES string of the molecule is CCOC(=O)C1CCCN(C(=NC)NCc2ccccc2N2CCOCC2)C1.I. The van der Waals surface area contributed by atoms with Gasteiger partial charge in [0.15, 0.2) is 5.96 Å². The second-order valence-electron chi connectivity index (χ2n) is 7.17. The third-order valence-corrected chi connectivity index (χ3v) is 5.33. The maximum absolute atomic E-state index is 12.1. The summed E-state index contributed by atoms with van der Waals surface area (Å²) in [5.41, 5.74) is 2.49. The molecule has 0 radical (unpaired) electrons. The molecule has 2 aliphatic rings. The predicted octanol–water partition coefficient (Wildman–Crippen LogP) is 2.49. The van der Waals surface area contributed by atoms with E-state index in [4.69, 9.17) is 9.47 Å². The van der Waals surface area contributed by atoms with Gasteiger partial charge >= 0.3 is 5.97 Å². The Labute approximate surface area is 190 Å². The van der Waals surface area contributed by atoms with Crippen molar-refractivity contribution in [1.82, 2.24) is 10.2 Å². The summed E-state index contributed by atoms with van der Waals surface area (Å²) in [5.74, 6) is 0.666. The molecule has 0 bridgehead atoms. The number of nitrogens with one attached hydrogen (secondary N) is 1. The lowest BCUT2D eigenvalue weighted by Gasteiger charge is -2.34. The Morgan fingerprint density at radius 1 is 1.28 bits per heavy atom. The van der Waals surface area contributed by atoms with E-state index in [1.807, 2.05) is 6.92 Å². The molecule has 0 aliphatic carbocycles. The molecule has 1 unspecified atom stereocenters. The van der Waals surface area contributed by atoms with Gasteiger partial charge in [-0.05, 0) is 31.4 Å². The fraction of sp³-hybridized carbons (Fsp3) is 0.619. The Balaban J connectivity index is 0.00000300. The number of esters is 1. The van der Waals surface area contributed by atoms with Crippen molar-refractivity contribution in [3.63, 3.8) is 0 Å². The minimum Gasteiger partial charge on any atom is -0.466 e. The van der Waals surface area contributed by atoms with Gasteiger partial charge in [-0.1, -0.05) is 18.2 Å². The number of halogens is 1. The largest absolute Gasteiger partial charge is 0.466 e. The first kappa shape index (κ1) is 23.7. The van der Waals surface area contributed by atoms with Gasteiger partial charge in [-0.15, -0.1) is 24.0 Å².